The molecule has 3 aromatic rings. The summed E-state index contributed by atoms with van der Waals surface area (Å²) in [6.07, 6.45) is 0. The van der Waals surface area contributed by atoms with Crippen LogP contribution in [0.3, 0.4) is 0 Å². The average Bonchev–Trinajstić information content (AvgIpc) is 3.13. The van der Waals surface area contributed by atoms with Crippen molar-refractivity contribution in [3.05, 3.63) is 90.6 Å². The van der Waals surface area contributed by atoms with Crippen LogP contribution in [-0.2, 0) is 4.79 Å². The Bertz CT molecular complexity index is 1450. The van der Waals surface area contributed by atoms with Gasteiger partial charge in [0.05, 0.1) is 43.9 Å². The fraction of sp³-hybridized carbons (Fsp3) is 0.192. The second-order valence-corrected chi connectivity index (χ2v) is 10.0. The molecule has 0 saturated carbocycles. The largest absolute Gasteiger partial charge is 0.494 e. The Kier molecular flexibility index (Phi) is 6.61. The van der Waals surface area contributed by atoms with Crippen LogP contribution in [0.15, 0.2) is 42.5 Å². The zero-order valence-corrected chi connectivity index (χ0v) is 22.3. The van der Waals surface area contributed by atoms with Gasteiger partial charge in [0.15, 0.2) is 0 Å². The Balaban J connectivity index is 1.62. The van der Waals surface area contributed by atoms with E-state index in [-0.39, 0.29) is 36.9 Å². The number of amides is 3. The summed E-state index contributed by atoms with van der Waals surface area (Å²) in [5.74, 6) is -2.13. The van der Waals surface area contributed by atoms with Crippen molar-refractivity contribution in [1.29, 1.82) is 0 Å². The number of nitrogens with zero attached hydrogens (tertiary/aromatic N) is 2. The van der Waals surface area contributed by atoms with Gasteiger partial charge in [0.25, 0.3) is 17.7 Å². The molecule has 0 unspecified atom stereocenters. The van der Waals surface area contributed by atoms with Crippen molar-refractivity contribution in [2.75, 3.05) is 11.5 Å². The predicted molar refractivity (Wildman–Crippen MR) is 140 cm³/mol. The number of imide groups is 1. The average molecular weight is 582 g/mol. The monoisotopic (exact) mass is 580 g/mol. The third-order valence-electron chi connectivity index (χ3n) is 6.44. The number of hydrogen-bond donors (Lipinski definition) is 0. The molecule has 0 radical (unpaired) electrons. The van der Waals surface area contributed by atoms with Gasteiger partial charge in [-0.2, -0.15) is 0 Å². The van der Waals surface area contributed by atoms with E-state index >= 15 is 0 Å². The second kappa shape index (κ2) is 9.48. The summed E-state index contributed by atoms with van der Waals surface area (Å²) >= 11 is 24.8. The lowest BCUT2D eigenvalue weighted by molar-refractivity contribution is -0.130. The van der Waals surface area contributed by atoms with Crippen molar-refractivity contribution in [2.24, 2.45) is 0 Å². The van der Waals surface area contributed by atoms with Crippen molar-refractivity contribution in [3.63, 3.8) is 0 Å². The zero-order chi connectivity index (χ0) is 26.8. The quantitative estimate of drug-likeness (QED) is 0.142. The van der Waals surface area contributed by atoms with Gasteiger partial charge in [-0.25, -0.2) is 4.39 Å². The molecule has 1 saturated heterocycles. The van der Waals surface area contributed by atoms with Crippen LogP contribution in [0, 0.1) is 12.7 Å². The molecule has 0 aromatic heterocycles. The third kappa shape index (κ3) is 3.87. The Hall–Kier alpha value is -2.84. The molecule has 2 heterocycles. The van der Waals surface area contributed by atoms with Crippen LogP contribution >= 0.6 is 46.4 Å². The lowest BCUT2D eigenvalue weighted by Crippen LogP contribution is -2.67. The summed E-state index contributed by atoms with van der Waals surface area (Å²) in [4.78, 5) is 42.7. The Labute approximate surface area is 231 Å². The molecular formula is C26H17Cl4FN2O4. The van der Waals surface area contributed by atoms with E-state index in [2.05, 4.69) is 0 Å². The molecule has 6 nitrogen and oxygen atoms in total. The first-order chi connectivity index (χ1) is 17.6. The first-order valence-corrected chi connectivity index (χ1v) is 12.6. The highest BCUT2D eigenvalue weighted by molar-refractivity contribution is 6.55. The number of ether oxygens (including phenoxy) is 1. The minimum atomic E-state index is -1.25. The van der Waals surface area contributed by atoms with E-state index in [4.69, 9.17) is 51.1 Å². The fourth-order valence-electron chi connectivity index (χ4n) is 4.62. The lowest BCUT2D eigenvalue weighted by atomic mass is 9.86. The molecule has 0 spiro atoms. The smallest absolute Gasteiger partial charge is 0.264 e. The highest BCUT2D eigenvalue weighted by atomic mass is 35.5. The SMILES string of the molecule is CCOc1ccc([C@@H]2[C@@H](N3C(=O)c4c(Cl)c(Cl)c(Cl)c(Cl)c4C3=O)C(=O)N2c2ccc(C)c(F)c2)cc1. The Morgan fingerprint density at radius 3 is 1.89 bits per heavy atom. The van der Waals surface area contributed by atoms with Gasteiger partial charge < -0.3 is 9.64 Å². The summed E-state index contributed by atoms with van der Waals surface area (Å²) in [6, 6.07) is 9.17. The number of aryl methyl sites for hydroxylation is 1. The number of carbonyl (C=O) groups excluding carboxylic acids is 3. The lowest BCUT2D eigenvalue weighted by Gasteiger charge is -2.49. The molecule has 37 heavy (non-hydrogen) atoms. The standard InChI is InChI=1S/C26H17Cl4FN2O4/c1-3-37-14-8-5-12(6-9-14)22-23(26(36)32(22)13-7-4-11(2)15(31)10-13)33-24(34)16-17(25(33)35)19(28)21(30)20(29)18(16)27/h4-10,22-23H,3H2,1-2H3/t22-,23-/m1/s1. The highest BCUT2D eigenvalue weighted by Crippen LogP contribution is 2.49. The van der Waals surface area contributed by atoms with Gasteiger partial charge >= 0.3 is 0 Å². The van der Waals surface area contributed by atoms with E-state index in [9.17, 15) is 18.8 Å². The van der Waals surface area contributed by atoms with Gasteiger partial charge in [-0.1, -0.05) is 64.6 Å². The first kappa shape index (κ1) is 25.8. The van der Waals surface area contributed by atoms with E-state index in [1.807, 2.05) is 6.92 Å². The van der Waals surface area contributed by atoms with Crippen molar-refractivity contribution in [1.82, 2.24) is 4.90 Å². The molecule has 190 valence electrons. The maximum atomic E-state index is 14.4. The van der Waals surface area contributed by atoms with Crippen molar-refractivity contribution < 1.29 is 23.5 Å². The number of halogens is 5. The third-order valence-corrected chi connectivity index (χ3v) is 8.25. The van der Waals surface area contributed by atoms with Gasteiger partial charge in [-0.15, -0.1) is 0 Å². The molecular weight excluding hydrogens is 565 g/mol. The second-order valence-electron chi connectivity index (χ2n) is 8.52. The van der Waals surface area contributed by atoms with Gasteiger partial charge in [0, 0.05) is 5.69 Å². The van der Waals surface area contributed by atoms with Gasteiger partial charge in [0.2, 0.25) is 0 Å². The molecule has 2 aliphatic heterocycles. The van der Waals surface area contributed by atoms with Crippen molar-refractivity contribution >= 4 is 69.8 Å². The van der Waals surface area contributed by atoms with Crippen molar-refractivity contribution in [2.45, 2.75) is 25.9 Å². The minimum absolute atomic E-state index is 0.171. The highest BCUT2D eigenvalue weighted by Gasteiger charge is 2.58. The topological polar surface area (TPSA) is 66.9 Å². The van der Waals surface area contributed by atoms with Crippen LogP contribution in [0.5, 0.6) is 5.75 Å². The molecule has 2 atom stereocenters. The molecule has 1 fully saturated rings. The Morgan fingerprint density at radius 2 is 1.38 bits per heavy atom. The van der Waals surface area contributed by atoms with Crippen LogP contribution in [-0.4, -0.2) is 35.3 Å². The number of carbonyl (C=O) groups is 3. The summed E-state index contributed by atoms with van der Waals surface area (Å²) in [7, 11) is 0. The summed E-state index contributed by atoms with van der Waals surface area (Å²) in [5, 5.41) is -0.799. The van der Waals surface area contributed by atoms with E-state index in [0.29, 0.717) is 23.5 Å². The summed E-state index contributed by atoms with van der Waals surface area (Å²) in [5.41, 5.74) is 0.846. The van der Waals surface area contributed by atoms with Crippen molar-refractivity contribution in [3.8, 4) is 5.75 Å². The van der Waals surface area contributed by atoms with Crippen LogP contribution in [0.1, 0.15) is 44.8 Å². The zero-order valence-electron chi connectivity index (χ0n) is 19.3. The van der Waals surface area contributed by atoms with Gasteiger partial charge in [0.1, 0.15) is 17.6 Å². The number of hydrogen-bond acceptors (Lipinski definition) is 4. The molecule has 3 aromatic carbocycles. The van der Waals surface area contributed by atoms with Crippen LogP contribution in [0.4, 0.5) is 10.1 Å². The van der Waals surface area contributed by atoms with Crippen LogP contribution in [0.25, 0.3) is 0 Å². The van der Waals surface area contributed by atoms with Gasteiger partial charge in [-0.05, 0) is 49.2 Å². The number of rotatable bonds is 5. The van der Waals surface area contributed by atoms with E-state index in [1.54, 1.807) is 43.3 Å². The maximum absolute atomic E-state index is 14.4. The molecule has 0 bridgehead atoms. The molecule has 5 rings (SSSR count). The fourth-order valence-corrected chi connectivity index (χ4v) is 5.64. The number of fused-ring (bicyclic) bond motifs is 1. The van der Waals surface area contributed by atoms with E-state index < -0.39 is 35.6 Å². The van der Waals surface area contributed by atoms with E-state index in [1.165, 1.54) is 11.0 Å². The number of anilines is 1. The van der Waals surface area contributed by atoms with Crippen LogP contribution in [0.2, 0.25) is 20.1 Å². The molecule has 2 aliphatic rings. The minimum Gasteiger partial charge on any atom is -0.494 e. The first-order valence-electron chi connectivity index (χ1n) is 11.1. The molecule has 11 heteroatoms. The maximum Gasteiger partial charge on any atom is 0.264 e. The van der Waals surface area contributed by atoms with Crippen LogP contribution < -0.4 is 9.64 Å². The number of benzene rings is 3. The summed E-state index contributed by atoms with van der Waals surface area (Å²) < 4.78 is 19.9. The predicted octanol–water partition coefficient (Wildman–Crippen LogP) is 6.90. The Morgan fingerprint density at radius 1 is 0.811 bits per heavy atom. The van der Waals surface area contributed by atoms with Gasteiger partial charge in [-0.3, -0.25) is 19.3 Å². The normalized spacial score (nSPS) is 18.8. The molecule has 3 amide bonds. The summed E-state index contributed by atoms with van der Waals surface area (Å²) in [6.45, 7) is 3.91. The molecule has 0 aliphatic carbocycles. The number of β-lactam (4-membered cyclic amide) rings is 1. The molecule has 0 N–H and O–H groups in total. The van der Waals surface area contributed by atoms with E-state index in [0.717, 1.165) is 4.90 Å².